The summed E-state index contributed by atoms with van der Waals surface area (Å²) < 4.78 is 14.3. The van der Waals surface area contributed by atoms with Crippen molar-refractivity contribution in [1.82, 2.24) is 10.2 Å². The Morgan fingerprint density at radius 1 is 1.07 bits per heavy atom. The van der Waals surface area contributed by atoms with Crippen LogP contribution in [0.4, 0.5) is 14.9 Å². The van der Waals surface area contributed by atoms with Crippen LogP contribution in [0.5, 0.6) is 0 Å². The van der Waals surface area contributed by atoms with Crippen LogP contribution in [0.1, 0.15) is 17.5 Å². The summed E-state index contributed by atoms with van der Waals surface area (Å²) >= 11 is 6.13. The van der Waals surface area contributed by atoms with Gasteiger partial charge < -0.3 is 10.2 Å². The molecule has 6 nitrogen and oxygen atoms in total. The van der Waals surface area contributed by atoms with Gasteiger partial charge in [0.05, 0.1) is 12.2 Å². The van der Waals surface area contributed by atoms with Gasteiger partial charge in [0, 0.05) is 22.7 Å². The van der Waals surface area contributed by atoms with E-state index in [0.717, 1.165) is 4.90 Å². The van der Waals surface area contributed by atoms with Crippen molar-refractivity contribution in [2.75, 3.05) is 11.4 Å². The second-order valence-electron chi connectivity index (χ2n) is 6.82. The highest BCUT2D eigenvalue weighted by Crippen LogP contribution is 2.44. The molecule has 4 amide bonds. The lowest BCUT2D eigenvalue weighted by Crippen LogP contribution is -2.52. The van der Waals surface area contributed by atoms with Crippen LogP contribution in [-0.4, -0.2) is 29.3 Å². The van der Waals surface area contributed by atoms with E-state index in [4.69, 9.17) is 11.6 Å². The van der Waals surface area contributed by atoms with Gasteiger partial charge in [0.1, 0.15) is 5.82 Å². The highest BCUT2D eigenvalue weighted by atomic mass is 35.5. The molecule has 0 saturated carbocycles. The van der Waals surface area contributed by atoms with E-state index >= 15 is 0 Å². The van der Waals surface area contributed by atoms with Gasteiger partial charge in [-0.15, -0.1) is 6.58 Å². The first-order valence-corrected chi connectivity index (χ1v) is 9.39. The van der Waals surface area contributed by atoms with Gasteiger partial charge in [-0.25, -0.2) is 9.18 Å². The number of carbonyl (C=O) groups excluding carboxylic acids is 3. The molecule has 1 N–H and O–H groups in total. The van der Waals surface area contributed by atoms with Crippen LogP contribution in [0.2, 0.25) is 5.02 Å². The fourth-order valence-corrected chi connectivity index (χ4v) is 4.00. The number of hydrogen-bond donors (Lipinski definition) is 1. The van der Waals surface area contributed by atoms with Gasteiger partial charge in [0.15, 0.2) is 0 Å². The minimum atomic E-state index is -1.85. The Balaban J connectivity index is 1.79. The van der Waals surface area contributed by atoms with Gasteiger partial charge in [-0.3, -0.25) is 14.5 Å². The van der Waals surface area contributed by atoms with Crippen LogP contribution in [0.3, 0.4) is 0 Å². The third kappa shape index (κ3) is 2.73. The van der Waals surface area contributed by atoms with E-state index in [0.29, 0.717) is 17.7 Å². The molecule has 4 rings (SSSR count). The van der Waals surface area contributed by atoms with E-state index in [1.807, 2.05) is 0 Å². The summed E-state index contributed by atoms with van der Waals surface area (Å²) in [7, 11) is 0. The van der Waals surface area contributed by atoms with E-state index in [2.05, 4.69) is 11.9 Å². The normalized spacial score (nSPS) is 20.4. The van der Waals surface area contributed by atoms with Gasteiger partial charge in [-0.1, -0.05) is 41.9 Å². The van der Waals surface area contributed by atoms with E-state index in [1.165, 1.54) is 23.1 Å². The van der Waals surface area contributed by atoms with Crippen LogP contribution >= 0.6 is 11.6 Å². The zero-order valence-electron chi connectivity index (χ0n) is 15.3. The predicted molar refractivity (Wildman–Crippen MR) is 106 cm³/mol. The van der Waals surface area contributed by atoms with Crippen molar-refractivity contribution in [2.24, 2.45) is 0 Å². The third-order valence-corrected chi connectivity index (χ3v) is 5.56. The summed E-state index contributed by atoms with van der Waals surface area (Å²) in [5.74, 6) is -1.85. The summed E-state index contributed by atoms with van der Waals surface area (Å²) in [5, 5.41) is 2.75. The van der Waals surface area contributed by atoms with Crippen LogP contribution in [0.25, 0.3) is 0 Å². The van der Waals surface area contributed by atoms with Crippen LogP contribution in [0, 0.1) is 5.82 Å². The number of hydrogen-bond acceptors (Lipinski definition) is 3. The van der Waals surface area contributed by atoms with Gasteiger partial charge >= 0.3 is 6.03 Å². The lowest BCUT2D eigenvalue weighted by atomic mass is 9.91. The van der Waals surface area contributed by atoms with Gasteiger partial charge in [0.2, 0.25) is 5.54 Å². The topological polar surface area (TPSA) is 69.7 Å². The average molecular weight is 414 g/mol. The van der Waals surface area contributed by atoms with Crippen molar-refractivity contribution < 1.29 is 18.8 Å². The van der Waals surface area contributed by atoms with Crippen LogP contribution in [-0.2, 0) is 21.7 Å². The second kappa shape index (κ2) is 7.00. The molecule has 2 aromatic carbocycles. The van der Waals surface area contributed by atoms with Crippen molar-refractivity contribution in [3.8, 4) is 0 Å². The molecule has 1 saturated heterocycles. The fraction of sp³-hybridized carbons (Fsp3) is 0.190. The first-order chi connectivity index (χ1) is 13.9. The van der Waals surface area contributed by atoms with E-state index in [-0.39, 0.29) is 23.7 Å². The molecule has 0 aliphatic carbocycles. The minimum absolute atomic E-state index is 0.116. The molecule has 148 valence electrons. The lowest BCUT2D eigenvalue weighted by Gasteiger charge is -2.22. The Hall–Kier alpha value is -3.19. The number of imide groups is 1. The van der Waals surface area contributed by atoms with Gasteiger partial charge in [0.25, 0.3) is 11.8 Å². The molecular formula is C21H17ClFN3O3. The van der Waals surface area contributed by atoms with Crippen molar-refractivity contribution >= 4 is 35.1 Å². The summed E-state index contributed by atoms with van der Waals surface area (Å²) in [5.41, 5.74) is -0.935. The highest BCUT2D eigenvalue weighted by Gasteiger charge is 2.63. The van der Waals surface area contributed by atoms with Crippen molar-refractivity contribution in [3.63, 3.8) is 0 Å². The SMILES string of the molecule is C=CCCN1C(=O)NC2(C1=O)C(=O)N(Cc1c(F)cccc1Cl)c1ccccc12. The Labute approximate surface area is 171 Å². The standard InChI is InChI=1S/C21H17ClFN3O3/c1-2-3-11-25-18(27)21(24-20(25)29)14-7-4-5-10-17(14)26(19(21)28)12-13-15(22)8-6-9-16(13)23/h2,4-10H,1,3,11-12H2,(H,24,29). The van der Waals surface area contributed by atoms with Crippen molar-refractivity contribution in [2.45, 2.75) is 18.5 Å². The number of para-hydroxylation sites is 1. The molecule has 2 aliphatic rings. The van der Waals surface area contributed by atoms with E-state index in [9.17, 15) is 18.8 Å². The molecule has 0 bridgehead atoms. The Morgan fingerprint density at radius 2 is 1.79 bits per heavy atom. The first-order valence-electron chi connectivity index (χ1n) is 9.01. The zero-order valence-corrected chi connectivity index (χ0v) is 16.1. The first kappa shape index (κ1) is 19.1. The average Bonchev–Trinajstić information content (AvgIpc) is 3.09. The summed E-state index contributed by atoms with van der Waals surface area (Å²) in [6.07, 6.45) is 1.99. The van der Waals surface area contributed by atoms with E-state index in [1.54, 1.807) is 30.3 Å². The number of halogens is 2. The summed E-state index contributed by atoms with van der Waals surface area (Å²) in [4.78, 5) is 41.5. The molecule has 2 aromatic rings. The molecule has 1 atom stereocenters. The van der Waals surface area contributed by atoms with E-state index < -0.39 is 29.2 Å². The number of nitrogens with zero attached hydrogens (tertiary/aromatic N) is 2. The molecule has 1 unspecified atom stereocenters. The van der Waals surface area contributed by atoms with Crippen molar-refractivity contribution in [3.05, 3.63) is 77.1 Å². The smallest absolute Gasteiger partial charge is 0.311 e. The molecule has 1 spiro atoms. The number of benzene rings is 2. The van der Waals surface area contributed by atoms with Gasteiger partial charge in [-0.05, 0) is 24.6 Å². The maximum Gasteiger partial charge on any atom is 0.325 e. The number of anilines is 1. The molecule has 0 radical (unpaired) electrons. The number of fused-ring (bicyclic) bond motifs is 2. The van der Waals surface area contributed by atoms with Gasteiger partial charge in [-0.2, -0.15) is 0 Å². The largest absolute Gasteiger partial charge is 0.325 e. The fourth-order valence-electron chi connectivity index (χ4n) is 3.78. The molecule has 2 heterocycles. The number of rotatable bonds is 5. The lowest BCUT2D eigenvalue weighted by molar-refractivity contribution is -0.138. The highest BCUT2D eigenvalue weighted by molar-refractivity contribution is 6.31. The monoisotopic (exact) mass is 413 g/mol. The van der Waals surface area contributed by atoms with Crippen molar-refractivity contribution in [1.29, 1.82) is 0 Å². The molecule has 2 aliphatic heterocycles. The maximum absolute atomic E-state index is 14.3. The number of carbonyl (C=O) groups is 3. The molecule has 29 heavy (non-hydrogen) atoms. The van der Waals surface area contributed by atoms with Crippen LogP contribution in [0.15, 0.2) is 55.1 Å². The summed E-state index contributed by atoms with van der Waals surface area (Å²) in [6, 6.07) is 10.3. The summed E-state index contributed by atoms with van der Waals surface area (Å²) in [6.45, 7) is 3.54. The maximum atomic E-state index is 14.3. The molecule has 1 fully saturated rings. The minimum Gasteiger partial charge on any atom is -0.311 e. The van der Waals surface area contributed by atoms with Crippen LogP contribution < -0.4 is 10.2 Å². The number of amides is 4. The molecular weight excluding hydrogens is 397 g/mol. The third-order valence-electron chi connectivity index (χ3n) is 5.21. The Morgan fingerprint density at radius 3 is 2.52 bits per heavy atom. The predicted octanol–water partition coefficient (Wildman–Crippen LogP) is 3.35. The number of nitrogens with one attached hydrogen (secondary N) is 1. The number of urea groups is 1. The molecule has 8 heteroatoms. The zero-order chi connectivity index (χ0) is 20.8. The Kier molecular flexibility index (Phi) is 4.62. The quantitative estimate of drug-likeness (QED) is 0.464. The molecule has 0 aromatic heterocycles. The second-order valence-corrected chi connectivity index (χ2v) is 7.23. The Bertz CT molecular complexity index is 1040.